The maximum atomic E-state index is 5.43. The zero-order valence-corrected chi connectivity index (χ0v) is 14.4. The summed E-state index contributed by atoms with van der Waals surface area (Å²) in [7, 11) is 5.05. The topological polar surface area (TPSA) is 27.7 Å². The van der Waals surface area contributed by atoms with Crippen LogP contribution in [0.4, 0.5) is 0 Å². The first kappa shape index (κ1) is 21.9. The highest BCUT2D eigenvalue weighted by Gasteiger charge is 2.28. The number of hydrogen-bond acceptors (Lipinski definition) is 3. The zero-order valence-electron chi connectivity index (χ0n) is 14.4. The van der Waals surface area contributed by atoms with Crippen molar-refractivity contribution in [3.05, 3.63) is 12.7 Å². The maximum Gasteiger partial charge on any atom is 0.191 e. The summed E-state index contributed by atoms with van der Waals surface area (Å²) in [5, 5.41) is 0. The highest BCUT2D eigenvalue weighted by molar-refractivity contribution is 4.68. The van der Waals surface area contributed by atoms with Crippen molar-refractivity contribution in [2.75, 3.05) is 27.9 Å². The monoisotopic (exact) mass is 288 g/mol. The van der Waals surface area contributed by atoms with E-state index >= 15 is 0 Å². The third-order valence-electron chi connectivity index (χ3n) is 3.27. The Morgan fingerprint density at radius 1 is 0.900 bits per heavy atom. The van der Waals surface area contributed by atoms with E-state index in [0.29, 0.717) is 6.61 Å². The van der Waals surface area contributed by atoms with Crippen molar-refractivity contribution in [2.45, 2.75) is 71.0 Å². The number of allylic oxidation sites excluding steroid dienone is 1. The van der Waals surface area contributed by atoms with E-state index in [-0.39, 0.29) is 0 Å². The van der Waals surface area contributed by atoms with Gasteiger partial charge in [-0.1, -0.05) is 51.5 Å². The van der Waals surface area contributed by atoms with Crippen LogP contribution in [0.25, 0.3) is 0 Å². The predicted molar refractivity (Wildman–Crippen MR) is 87.1 cm³/mol. The van der Waals surface area contributed by atoms with Crippen molar-refractivity contribution in [1.82, 2.24) is 0 Å². The number of ether oxygens (including phenoxy) is 3. The fourth-order valence-electron chi connectivity index (χ4n) is 2.05. The zero-order chi connectivity index (χ0) is 15.7. The standard InChI is InChI=1S/C14H30O3.C3H6/c1-5-6-7-8-9-10-11-12-14(16-3,17-4)13-15-2;1-3-2/h5-13H2,1-4H3;3H,1H2,2H3. The normalized spacial score (nSPS) is 10.8. The molecule has 0 aliphatic rings. The molecule has 0 amide bonds. The van der Waals surface area contributed by atoms with Gasteiger partial charge < -0.3 is 14.2 Å². The predicted octanol–water partition coefficient (Wildman–Crippen LogP) is 4.95. The van der Waals surface area contributed by atoms with Crippen LogP contribution in [-0.2, 0) is 14.2 Å². The van der Waals surface area contributed by atoms with E-state index in [9.17, 15) is 0 Å². The van der Waals surface area contributed by atoms with Crippen molar-refractivity contribution in [3.63, 3.8) is 0 Å². The van der Waals surface area contributed by atoms with Gasteiger partial charge in [-0.25, -0.2) is 0 Å². The molecular formula is C17H36O3. The average Bonchev–Trinajstić information content (AvgIpc) is 2.46. The Morgan fingerprint density at radius 2 is 1.35 bits per heavy atom. The molecule has 0 saturated carbocycles. The van der Waals surface area contributed by atoms with E-state index < -0.39 is 5.79 Å². The van der Waals surface area contributed by atoms with Crippen LogP contribution in [0.1, 0.15) is 65.2 Å². The quantitative estimate of drug-likeness (QED) is 0.289. The lowest BCUT2D eigenvalue weighted by Crippen LogP contribution is -2.38. The third kappa shape index (κ3) is 12.6. The van der Waals surface area contributed by atoms with Gasteiger partial charge in [-0.15, -0.1) is 6.58 Å². The Hall–Kier alpha value is -0.380. The summed E-state index contributed by atoms with van der Waals surface area (Å²) in [5.74, 6) is -0.543. The molecule has 122 valence electrons. The van der Waals surface area contributed by atoms with Crippen molar-refractivity contribution in [1.29, 1.82) is 0 Å². The van der Waals surface area contributed by atoms with Crippen LogP contribution in [0.2, 0.25) is 0 Å². The van der Waals surface area contributed by atoms with E-state index in [1.54, 1.807) is 27.4 Å². The molecule has 0 radical (unpaired) electrons. The van der Waals surface area contributed by atoms with E-state index in [1.165, 1.54) is 38.5 Å². The fraction of sp³-hybridized carbons (Fsp3) is 0.882. The van der Waals surface area contributed by atoms with Crippen LogP contribution in [0.3, 0.4) is 0 Å². The minimum Gasteiger partial charge on any atom is -0.379 e. The molecule has 3 heteroatoms. The van der Waals surface area contributed by atoms with Gasteiger partial charge >= 0.3 is 0 Å². The number of rotatable bonds is 12. The Bertz CT molecular complexity index is 189. The third-order valence-corrected chi connectivity index (χ3v) is 3.27. The molecule has 0 bridgehead atoms. The molecule has 0 unspecified atom stereocenters. The Kier molecular flexibility index (Phi) is 18.3. The number of unbranched alkanes of at least 4 members (excludes halogenated alkanes) is 6. The molecule has 0 heterocycles. The van der Waals surface area contributed by atoms with Crippen LogP contribution < -0.4 is 0 Å². The van der Waals surface area contributed by atoms with E-state index in [2.05, 4.69) is 13.5 Å². The van der Waals surface area contributed by atoms with Crippen molar-refractivity contribution in [2.24, 2.45) is 0 Å². The van der Waals surface area contributed by atoms with Crippen LogP contribution in [0.5, 0.6) is 0 Å². The molecule has 0 aromatic carbocycles. The van der Waals surface area contributed by atoms with E-state index in [1.807, 2.05) is 6.92 Å². The first-order valence-corrected chi connectivity index (χ1v) is 7.82. The molecule has 0 spiro atoms. The molecule has 0 aromatic heterocycles. The van der Waals surface area contributed by atoms with Crippen LogP contribution in [-0.4, -0.2) is 33.7 Å². The van der Waals surface area contributed by atoms with Gasteiger partial charge in [-0.2, -0.15) is 0 Å². The minimum absolute atomic E-state index is 0.496. The SMILES string of the molecule is C=CC.CCCCCCCCCC(COC)(OC)OC. The Labute approximate surface area is 126 Å². The largest absolute Gasteiger partial charge is 0.379 e. The molecular weight excluding hydrogens is 252 g/mol. The summed E-state index contributed by atoms with van der Waals surface area (Å²) in [6.45, 7) is 7.99. The van der Waals surface area contributed by atoms with Crippen molar-refractivity contribution < 1.29 is 14.2 Å². The molecule has 20 heavy (non-hydrogen) atoms. The molecule has 0 atom stereocenters. The van der Waals surface area contributed by atoms with Gasteiger partial charge in [0.05, 0.1) is 0 Å². The average molecular weight is 288 g/mol. The van der Waals surface area contributed by atoms with Crippen molar-refractivity contribution >= 4 is 0 Å². The molecule has 0 saturated heterocycles. The summed E-state index contributed by atoms with van der Waals surface area (Å²) in [6, 6.07) is 0. The first-order chi connectivity index (χ1) is 9.66. The van der Waals surface area contributed by atoms with Gasteiger partial charge in [0.25, 0.3) is 0 Å². The smallest absolute Gasteiger partial charge is 0.191 e. The van der Waals surface area contributed by atoms with E-state index in [4.69, 9.17) is 14.2 Å². The van der Waals surface area contributed by atoms with Gasteiger partial charge in [0.15, 0.2) is 5.79 Å². The molecule has 0 aliphatic heterocycles. The molecule has 0 fully saturated rings. The molecule has 0 aromatic rings. The van der Waals surface area contributed by atoms with Crippen LogP contribution in [0, 0.1) is 0 Å². The lowest BCUT2D eigenvalue weighted by molar-refractivity contribution is -0.235. The lowest BCUT2D eigenvalue weighted by atomic mass is 10.0. The van der Waals surface area contributed by atoms with Crippen LogP contribution in [0.15, 0.2) is 12.7 Å². The number of methoxy groups -OCH3 is 3. The number of hydrogen-bond donors (Lipinski definition) is 0. The molecule has 0 N–H and O–H groups in total. The Balaban J connectivity index is 0. The summed E-state index contributed by atoms with van der Waals surface area (Å²) in [6.07, 6.45) is 11.8. The summed E-state index contributed by atoms with van der Waals surface area (Å²) < 4.78 is 16.0. The van der Waals surface area contributed by atoms with Gasteiger partial charge in [0.1, 0.15) is 6.61 Å². The second kappa shape index (κ2) is 16.7. The fourth-order valence-corrected chi connectivity index (χ4v) is 2.05. The van der Waals surface area contributed by atoms with Gasteiger partial charge in [-0.05, 0) is 13.3 Å². The van der Waals surface area contributed by atoms with Gasteiger partial charge in [-0.3, -0.25) is 0 Å². The highest BCUT2D eigenvalue weighted by atomic mass is 16.7. The second-order valence-electron chi connectivity index (χ2n) is 5.03. The maximum absolute atomic E-state index is 5.43. The van der Waals surface area contributed by atoms with Gasteiger partial charge in [0, 0.05) is 27.8 Å². The first-order valence-electron chi connectivity index (χ1n) is 7.82. The Morgan fingerprint density at radius 3 is 1.75 bits per heavy atom. The van der Waals surface area contributed by atoms with E-state index in [0.717, 1.165) is 12.8 Å². The summed E-state index contributed by atoms with van der Waals surface area (Å²) >= 11 is 0. The minimum atomic E-state index is -0.543. The molecule has 3 nitrogen and oxygen atoms in total. The van der Waals surface area contributed by atoms with Crippen LogP contribution >= 0.6 is 0 Å². The van der Waals surface area contributed by atoms with Gasteiger partial charge in [0.2, 0.25) is 0 Å². The summed E-state index contributed by atoms with van der Waals surface area (Å²) in [4.78, 5) is 0. The lowest BCUT2D eigenvalue weighted by Gasteiger charge is -2.30. The second-order valence-corrected chi connectivity index (χ2v) is 5.03. The molecule has 0 aliphatic carbocycles. The molecule has 0 rings (SSSR count). The highest BCUT2D eigenvalue weighted by Crippen LogP contribution is 2.21. The van der Waals surface area contributed by atoms with Crippen molar-refractivity contribution in [3.8, 4) is 0 Å². The summed E-state index contributed by atoms with van der Waals surface area (Å²) in [5.41, 5.74) is 0.